The molecule has 0 radical (unpaired) electrons. The van der Waals surface area contributed by atoms with Gasteiger partial charge in [-0.25, -0.2) is 4.98 Å². The summed E-state index contributed by atoms with van der Waals surface area (Å²) in [7, 11) is 0. The third-order valence-electron chi connectivity index (χ3n) is 10.3. The van der Waals surface area contributed by atoms with Crippen LogP contribution in [0.5, 0.6) is 0 Å². The van der Waals surface area contributed by atoms with E-state index in [4.69, 9.17) is 0 Å². The maximum atomic E-state index is 14.4. The molecule has 1 fully saturated rings. The van der Waals surface area contributed by atoms with Gasteiger partial charge in [-0.3, -0.25) is 38.5 Å². The van der Waals surface area contributed by atoms with Gasteiger partial charge in [0.2, 0.25) is 11.7 Å². The standard InChI is InChI=1S/C41H56N4O8/c1-7-12-28-16-19-45(40(51)31(25(3)4)23-33(46)36(26(5)6)44-39(50)32-24-42-17-18-43-32)37(28)34(47)21-29(13-8-2)38(49)35(48)22-30(41(52)53)20-27-14-10-9-11-15-27/h9-11,14-15,17-18,24-26,28-31,36-37H,7-8,12-13,16,19-23H2,1-6H3,(H,44,50)(H,52,53)/t28?,29?,30-,31+,36+,37+/m1/s1. The third-order valence-corrected chi connectivity index (χ3v) is 10.3. The Morgan fingerprint density at radius 2 is 1.58 bits per heavy atom. The largest absolute Gasteiger partial charge is 0.481 e. The number of nitrogens with one attached hydrogen (secondary N) is 1. The van der Waals surface area contributed by atoms with E-state index in [1.807, 2.05) is 27.7 Å². The van der Waals surface area contributed by atoms with Gasteiger partial charge < -0.3 is 15.3 Å². The van der Waals surface area contributed by atoms with Crippen LogP contribution in [0.15, 0.2) is 48.9 Å². The molecule has 1 aromatic heterocycles. The summed E-state index contributed by atoms with van der Waals surface area (Å²) in [5.41, 5.74) is 0.805. The van der Waals surface area contributed by atoms with Gasteiger partial charge in [-0.15, -0.1) is 0 Å². The van der Waals surface area contributed by atoms with Crippen molar-refractivity contribution in [1.29, 1.82) is 0 Å². The van der Waals surface area contributed by atoms with Gasteiger partial charge in [-0.2, -0.15) is 0 Å². The summed E-state index contributed by atoms with van der Waals surface area (Å²) in [6.07, 6.45) is 6.21. The van der Waals surface area contributed by atoms with Crippen LogP contribution in [0.4, 0.5) is 0 Å². The molecule has 1 aromatic carbocycles. The first kappa shape index (κ1) is 42.8. The van der Waals surface area contributed by atoms with E-state index >= 15 is 0 Å². The Kier molecular flexibility index (Phi) is 16.6. The molecule has 12 nitrogen and oxygen atoms in total. The number of hydrogen-bond acceptors (Lipinski definition) is 9. The molecule has 53 heavy (non-hydrogen) atoms. The highest BCUT2D eigenvalue weighted by Gasteiger charge is 2.45. The number of carbonyl (C=O) groups excluding carboxylic acids is 6. The van der Waals surface area contributed by atoms with Crippen LogP contribution in [0.25, 0.3) is 0 Å². The average molecular weight is 733 g/mol. The maximum Gasteiger partial charge on any atom is 0.307 e. The predicted molar refractivity (Wildman–Crippen MR) is 199 cm³/mol. The number of amides is 2. The molecule has 2 heterocycles. The lowest BCUT2D eigenvalue weighted by Gasteiger charge is -2.33. The van der Waals surface area contributed by atoms with E-state index in [1.54, 1.807) is 49.1 Å². The molecule has 2 aromatic rings. The summed E-state index contributed by atoms with van der Waals surface area (Å²) in [4.78, 5) is 104. The smallest absolute Gasteiger partial charge is 0.307 e. The molecule has 0 aliphatic carbocycles. The number of rotatable bonds is 22. The lowest BCUT2D eigenvalue weighted by molar-refractivity contribution is -0.147. The molecular weight excluding hydrogens is 676 g/mol. The van der Waals surface area contributed by atoms with Crippen LogP contribution in [-0.4, -0.2) is 79.5 Å². The summed E-state index contributed by atoms with van der Waals surface area (Å²) < 4.78 is 0. The lowest BCUT2D eigenvalue weighted by atomic mass is 9.82. The Balaban J connectivity index is 1.79. The number of aromatic nitrogens is 2. The fraction of sp³-hybridized carbons (Fsp3) is 0.585. The van der Waals surface area contributed by atoms with Gasteiger partial charge in [0, 0.05) is 50.0 Å². The first-order chi connectivity index (χ1) is 25.2. The van der Waals surface area contributed by atoms with Crippen molar-refractivity contribution >= 4 is 40.9 Å². The van der Waals surface area contributed by atoms with Gasteiger partial charge in [-0.1, -0.05) is 84.7 Å². The molecule has 1 saturated heterocycles. The molecule has 2 amide bonds. The number of aliphatic carboxylic acids is 1. The first-order valence-electron chi connectivity index (χ1n) is 19.0. The van der Waals surface area contributed by atoms with Crippen LogP contribution in [0.1, 0.15) is 109 Å². The summed E-state index contributed by atoms with van der Waals surface area (Å²) in [6.45, 7) is 11.5. The van der Waals surface area contributed by atoms with Crippen molar-refractivity contribution in [3.05, 3.63) is 60.2 Å². The molecule has 0 saturated carbocycles. The number of benzene rings is 1. The second-order valence-electron chi connectivity index (χ2n) is 15.0. The number of Topliss-reactive ketones (excluding diaryl/α,β-unsaturated/α-hetero) is 4. The van der Waals surface area contributed by atoms with Crippen molar-refractivity contribution in [2.75, 3.05) is 6.54 Å². The summed E-state index contributed by atoms with van der Waals surface area (Å²) >= 11 is 0. The molecule has 288 valence electrons. The topological polar surface area (TPSA) is 181 Å². The van der Waals surface area contributed by atoms with E-state index in [0.29, 0.717) is 25.8 Å². The van der Waals surface area contributed by atoms with Crippen LogP contribution in [0.3, 0.4) is 0 Å². The Morgan fingerprint density at radius 1 is 0.887 bits per heavy atom. The minimum Gasteiger partial charge on any atom is -0.481 e. The van der Waals surface area contributed by atoms with E-state index in [2.05, 4.69) is 15.3 Å². The zero-order valence-corrected chi connectivity index (χ0v) is 32.0. The van der Waals surface area contributed by atoms with Crippen LogP contribution in [0.2, 0.25) is 0 Å². The van der Waals surface area contributed by atoms with Gasteiger partial charge in [0.1, 0.15) is 5.69 Å². The van der Waals surface area contributed by atoms with Crippen LogP contribution >= 0.6 is 0 Å². The highest BCUT2D eigenvalue weighted by Crippen LogP contribution is 2.34. The van der Waals surface area contributed by atoms with Crippen molar-refractivity contribution in [1.82, 2.24) is 20.2 Å². The average Bonchev–Trinajstić information content (AvgIpc) is 3.55. The van der Waals surface area contributed by atoms with Crippen molar-refractivity contribution < 1.29 is 38.7 Å². The van der Waals surface area contributed by atoms with E-state index < -0.39 is 59.7 Å². The van der Waals surface area contributed by atoms with Gasteiger partial charge in [-0.05, 0) is 49.0 Å². The van der Waals surface area contributed by atoms with Gasteiger partial charge in [0.25, 0.3) is 5.91 Å². The third kappa shape index (κ3) is 11.9. The Bertz CT molecular complexity index is 1580. The van der Waals surface area contributed by atoms with E-state index in [-0.39, 0.29) is 66.6 Å². The molecule has 1 aliphatic rings. The lowest BCUT2D eigenvalue weighted by Crippen LogP contribution is -2.50. The fourth-order valence-corrected chi connectivity index (χ4v) is 7.36. The maximum absolute atomic E-state index is 14.4. The van der Waals surface area contributed by atoms with Gasteiger partial charge >= 0.3 is 5.97 Å². The van der Waals surface area contributed by atoms with Crippen LogP contribution < -0.4 is 5.32 Å². The number of nitrogens with zero attached hydrogens (tertiary/aromatic N) is 3. The molecule has 6 atom stereocenters. The summed E-state index contributed by atoms with van der Waals surface area (Å²) in [5, 5.41) is 12.6. The molecule has 0 bridgehead atoms. The van der Waals surface area contributed by atoms with Crippen LogP contribution in [-0.2, 0) is 35.2 Å². The molecule has 12 heteroatoms. The second-order valence-corrected chi connectivity index (χ2v) is 15.0. The van der Waals surface area contributed by atoms with Gasteiger partial charge in [0.05, 0.1) is 24.2 Å². The Labute approximate surface area is 312 Å². The van der Waals surface area contributed by atoms with E-state index in [0.717, 1.165) is 12.0 Å². The monoisotopic (exact) mass is 732 g/mol. The summed E-state index contributed by atoms with van der Waals surface area (Å²) in [5.74, 6) is -7.70. The summed E-state index contributed by atoms with van der Waals surface area (Å²) in [6, 6.07) is 7.20. The predicted octanol–water partition coefficient (Wildman–Crippen LogP) is 5.33. The number of hydrogen-bond donors (Lipinski definition) is 2. The minimum atomic E-state index is -1.17. The number of likely N-dealkylation sites (tertiary alicyclic amines) is 1. The Morgan fingerprint density at radius 3 is 2.15 bits per heavy atom. The molecule has 3 rings (SSSR count). The normalized spacial score (nSPS) is 17.9. The fourth-order valence-electron chi connectivity index (χ4n) is 7.36. The van der Waals surface area contributed by atoms with Crippen molar-refractivity contribution in [2.24, 2.45) is 35.5 Å². The minimum absolute atomic E-state index is 0.0678. The highest BCUT2D eigenvalue weighted by atomic mass is 16.4. The number of carbonyl (C=O) groups is 7. The molecule has 0 spiro atoms. The number of ketones is 4. The Hall–Kier alpha value is -4.61. The zero-order chi connectivity index (χ0) is 39.2. The highest BCUT2D eigenvalue weighted by molar-refractivity contribution is 6.38. The zero-order valence-electron chi connectivity index (χ0n) is 32.0. The number of carboxylic acid groups (broad SMARTS) is 1. The molecular formula is C41H56N4O8. The second kappa shape index (κ2) is 20.6. The van der Waals surface area contributed by atoms with Crippen molar-refractivity contribution in [2.45, 2.75) is 111 Å². The van der Waals surface area contributed by atoms with Crippen molar-refractivity contribution in [3.8, 4) is 0 Å². The van der Waals surface area contributed by atoms with Gasteiger partial charge in [0.15, 0.2) is 17.3 Å². The molecule has 2 N–H and O–H groups in total. The van der Waals surface area contributed by atoms with Crippen molar-refractivity contribution in [3.63, 3.8) is 0 Å². The van der Waals surface area contributed by atoms with E-state index in [9.17, 15) is 38.7 Å². The van der Waals surface area contributed by atoms with E-state index in [1.165, 1.54) is 18.6 Å². The SMILES string of the molecule is CCCC(CC(=O)[C@@H]1C(CCC)CCN1C(=O)[C@@H](CC(=O)[C@@H](NC(=O)c1cnccn1)C(C)C)C(C)C)C(=O)C(=O)C[C@@H](Cc1ccccc1)C(=O)O. The first-order valence-corrected chi connectivity index (χ1v) is 19.0. The quantitative estimate of drug-likeness (QED) is 0.150. The molecule has 2 unspecified atom stereocenters. The van der Waals surface area contributed by atoms with Crippen LogP contribution in [0, 0.1) is 35.5 Å². The number of carboxylic acids is 1. The molecule has 1 aliphatic heterocycles.